The van der Waals surface area contributed by atoms with Crippen LogP contribution in [0.1, 0.15) is 92.4 Å². The second kappa shape index (κ2) is 8.83. The number of rotatable bonds is 5. The second-order valence-corrected chi connectivity index (χ2v) is 11.8. The van der Waals surface area contributed by atoms with E-state index in [0.29, 0.717) is 16.9 Å². The summed E-state index contributed by atoms with van der Waals surface area (Å²) in [5.41, 5.74) is 2.51. The Labute approximate surface area is 186 Å². The predicted octanol–water partition coefficient (Wildman–Crippen LogP) is 6.37. The minimum absolute atomic E-state index is 0. The molecule has 3 fully saturated rings. The van der Waals surface area contributed by atoms with Gasteiger partial charge in [-0.15, -0.1) is 12.4 Å². The lowest BCUT2D eigenvalue weighted by atomic mass is 9.47. The molecule has 29 heavy (non-hydrogen) atoms. The fourth-order valence-corrected chi connectivity index (χ4v) is 8.25. The van der Waals surface area contributed by atoms with Crippen molar-refractivity contribution in [3.8, 4) is 0 Å². The lowest BCUT2D eigenvalue weighted by Gasteiger charge is -2.58. The highest BCUT2D eigenvalue weighted by Gasteiger charge is 2.59. The summed E-state index contributed by atoms with van der Waals surface area (Å²) in [5, 5.41) is 14.1. The molecule has 0 saturated heterocycles. The molecule has 4 rings (SSSR count). The normalized spacial score (nSPS) is 44.9. The van der Waals surface area contributed by atoms with Crippen molar-refractivity contribution in [1.82, 2.24) is 5.32 Å². The summed E-state index contributed by atoms with van der Waals surface area (Å²) in [7, 11) is 0. The number of allylic oxidation sites excluding steroid dienone is 1. The largest absolute Gasteiger partial charge is 0.393 e. The van der Waals surface area contributed by atoms with Crippen molar-refractivity contribution >= 4 is 12.4 Å². The summed E-state index contributed by atoms with van der Waals surface area (Å²) in [6.45, 7) is 13.5. The van der Waals surface area contributed by atoms with Crippen LogP contribution in [0.3, 0.4) is 0 Å². The SMILES string of the molecule is CC(C)CCN[C@@H](C)[C@H]1CC[C@H]2[C@@H]3CC=C4C[C@@H](O)CC[C@]4(C)[C@H]3CC[C@]12C.Cl. The van der Waals surface area contributed by atoms with E-state index in [1.807, 2.05) is 0 Å². The Bertz CT molecular complexity index is 604. The first-order valence-corrected chi connectivity index (χ1v) is 12.4. The molecule has 3 saturated carbocycles. The number of nitrogens with one attached hydrogen (secondary N) is 1. The Hall–Kier alpha value is -0.0500. The first-order valence-electron chi connectivity index (χ1n) is 12.4. The number of halogens is 1. The maximum atomic E-state index is 10.2. The molecule has 8 atom stereocenters. The molecule has 0 bridgehead atoms. The number of aliphatic hydroxyl groups excluding tert-OH is 1. The van der Waals surface area contributed by atoms with Crippen LogP contribution in [-0.2, 0) is 0 Å². The molecule has 4 aliphatic rings. The van der Waals surface area contributed by atoms with E-state index < -0.39 is 0 Å². The summed E-state index contributed by atoms with van der Waals surface area (Å²) in [6.07, 6.45) is 13.9. The summed E-state index contributed by atoms with van der Waals surface area (Å²) < 4.78 is 0. The summed E-state index contributed by atoms with van der Waals surface area (Å²) in [4.78, 5) is 0. The van der Waals surface area contributed by atoms with Crippen molar-refractivity contribution in [2.45, 2.75) is 105 Å². The van der Waals surface area contributed by atoms with Crippen LogP contribution >= 0.6 is 12.4 Å². The molecular weight excluding hydrogens is 378 g/mol. The third-order valence-corrected chi connectivity index (χ3v) is 9.94. The maximum Gasteiger partial charge on any atom is 0.0577 e. The van der Waals surface area contributed by atoms with Gasteiger partial charge in [0.1, 0.15) is 0 Å². The Morgan fingerprint density at radius 2 is 1.83 bits per heavy atom. The maximum absolute atomic E-state index is 10.2. The first kappa shape index (κ1) is 23.6. The molecule has 0 unspecified atom stereocenters. The molecule has 2 N–H and O–H groups in total. The molecule has 0 heterocycles. The van der Waals surface area contributed by atoms with Gasteiger partial charge >= 0.3 is 0 Å². The predicted molar refractivity (Wildman–Crippen MR) is 125 cm³/mol. The number of hydrogen-bond donors (Lipinski definition) is 2. The van der Waals surface area contributed by atoms with E-state index in [2.05, 4.69) is 46.0 Å². The van der Waals surface area contributed by atoms with E-state index in [1.54, 1.807) is 5.57 Å². The molecule has 0 aliphatic heterocycles. The van der Waals surface area contributed by atoms with Crippen LogP contribution in [0.5, 0.6) is 0 Å². The average Bonchev–Trinajstić information content (AvgIpc) is 2.99. The highest BCUT2D eigenvalue weighted by molar-refractivity contribution is 5.85. The van der Waals surface area contributed by atoms with Crippen LogP contribution in [0.15, 0.2) is 11.6 Å². The van der Waals surface area contributed by atoms with Crippen molar-refractivity contribution in [3.63, 3.8) is 0 Å². The third-order valence-electron chi connectivity index (χ3n) is 9.94. The van der Waals surface area contributed by atoms with E-state index in [0.717, 1.165) is 42.4 Å². The third kappa shape index (κ3) is 4.08. The van der Waals surface area contributed by atoms with Crippen LogP contribution in [-0.4, -0.2) is 23.8 Å². The van der Waals surface area contributed by atoms with Crippen LogP contribution in [0.4, 0.5) is 0 Å². The Balaban J connectivity index is 0.00000240. The van der Waals surface area contributed by atoms with Gasteiger partial charge in [0, 0.05) is 6.04 Å². The van der Waals surface area contributed by atoms with Crippen LogP contribution < -0.4 is 5.32 Å². The van der Waals surface area contributed by atoms with Gasteiger partial charge in [0.25, 0.3) is 0 Å². The zero-order chi connectivity index (χ0) is 20.1. The van der Waals surface area contributed by atoms with Gasteiger partial charge in [-0.2, -0.15) is 0 Å². The van der Waals surface area contributed by atoms with Crippen molar-refractivity contribution in [1.29, 1.82) is 0 Å². The van der Waals surface area contributed by atoms with Gasteiger partial charge < -0.3 is 10.4 Å². The average molecular weight is 424 g/mol. The quantitative estimate of drug-likeness (QED) is 0.503. The zero-order valence-electron chi connectivity index (χ0n) is 19.5. The molecule has 0 amide bonds. The highest BCUT2D eigenvalue weighted by atomic mass is 35.5. The standard InChI is InChI=1S/C26H45NO.ClH/c1-17(2)12-15-27-18(3)22-8-9-23-21-7-6-19-16-20(28)10-13-25(19,4)24(21)11-14-26(22,23)5;/h6,17-18,20-24,27-28H,7-16H2,1-5H3;1H/t18-,20-,21-,22+,23-,24-,25-,26+;/m0./s1. The van der Waals surface area contributed by atoms with E-state index >= 15 is 0 Å². The van der Waals surface area contributed by atoms with Gasteiger partial charge in [0.2, 0.25) is 0 Å². The smallest absolute Gasteiger partial charge is 0.0577 e. The van der Waals surface area contributed by atoms with E-state index in [4.69, 9.17) is 0 Å². The molecule has 0 aromatic carbocycles. The van der Waals surface area contributed by atoms with Crippen LogP contribution in [0.25, 0.3) is 0 Å². The number of hydrogen-bond acceptors (Lipinski definition) is 2. The molecule has 3 heteroatoms. The van der Waals surface area contributed by atoms with Crippen molar-refractivity contribution < 1.29 is 5.11 Å². The lowest BCUT2D eigenvalue weighted by Crippen LogP contribution is -2.52. The molecule has 0 spiro atoms. The van der Waals surface area contributed by atoms with Gasteiger partial charge in [-0.3, -0.25) is 0 Å². The van der Waals surface area contributed by atoms with E-state index in [-0.39, 0.29) is 18.5 Å². The Morgan fingerprint density at radius 3 is 2.55 bits per heavy atom. The first-order chi connectivity index (χ1) is 13.3. The fourth-order valence-electron chi connectivity index (χ4n) is 8.25. The molecule has 4 aliphatic carbocycles. The van der Waals surface area contributed by atoms with Crippen molar-refractivity contribution in [3.05, 3.63) is 11.6 Å². The molecule has 0 aromatic rings. The van der Waals surface area contributed by atoms with Gasteiger partial charge in [0.15, 0.2) is 0 Å². The van der Waals surface area contributed by atoms with Crippen molar-refractivity contribution in [2.24, 2.45) is 40.4 Å². The van der Waals surface area contributed by atoms with Gasteiger partial charge in [0.05, 0.1) is 6.10 Å². The van der Waals surface area contributed by atoms with Gasteiger partial charge in [-0.25, -0.2) is 0 Å². The van der Waals surface area contributed by atoms with Crippen LogP contribution in [0.2, 0.25) is 0 Å². The molecule has 0 aromatic heterocycles. The topological polar surface area (TPSA) is 32.3 Å². The molecule has 0 radical (unpaired) electrons. The Morgan fingerprint density at radius 1 is 1.07 bits per heavy atom. The van der Waals surface area contributed by atoms with Crippen LogP contribution in [0, 0.1) is 40.4 Å². The summed E-state index contributed by atoms with van der Waals surface area (Å²) in [5.74, 6) is 4.29. The van der Waals surface area contributed by atoms with Crippen molar-refractivity contribution in [2.75, 3.05) is 6.54 Å². The second-order valence-electron chi connectivity index (χ2n) is 11.8. The van der Waals surface area contributed by atoms with Gasteiger partial charge in [-0.05, 0) is 112 Å². The zero-order valence-corrected chi connectivity index (χ0v) is 20.4. The molecule has 168 valence electrons. The molecule has 2 nitrogen and oxygen atoms in total. The van der Waals surface area contributed by atoms with Gasteiger partial charge in [-0.1, -0.05) is 39.3 Å². The minimum atomic E-state index is -0.0849. The minimum Gasteiger partial charge on any atom is -0.393 e. The van der Waals surface area contributed by atoms with E-state index in [9.17, 15) is 5.11 Å². The Kier molecular flexibility index (Phi) is 7.19. The highest BCUT2D eigenvalue weighted by Crippen LogP contribution is 2.66. The van der Waals surface area contributed by atoms with E-state index in [1.165, 1.54) is 51.5 Å². The lowest BCUT2D eigenvalue weighted by molar-refractivity contribution is -0.0535. The molecular formula is C26H46ClNO. The summed E-state index contributed by atoms with van der Waals surface area (Å²) in [6, 6.07) is 0.653. The number of fused-ring (bicyclic) bond motifs is 5. The monoisotopic (exact) mass is 423 g/mol. The summed E-state index contributed by atoms with van der Waals surface area (Å²) >= 11 is 0. The fraction of sp³-hybridized carbons (Fsp3) is 0.923. The number of aliphatic hydroxyl groups is 1.